The second-order valence-corrected chi connectivity index (χ2v) is 4.46. The number of benzene rings is 1. The Hall–Kier alpha value is -3.22. The van der Waals surface area contributed by atoms with E-state index < -0.39 is 4.92 Å². The zero-order valence-electron chi connectivity index (χ0n) is 11.5. The molecule has 0 atom stereocenters. The van der Waals surface area contributed by atoms with Crippen LogP contribution < -0.4 is 10.9 Å². The molecular formula is C15H13N3O4. The Labute approximate surface area is 125 Å². The van der Waals surface area contributed by atoms with Crippen molar-refractivity contribution >= 4 is 17.7 Å². The summed E-state index contributed by atoms with van der Waals surface area (Å²) < 4.78 is 0. The lowest BCUT2D eigenvalue weighted by atomic mass is 10.2. The lowest BCUT2D eigenvalue weighted by Gasteiger charge is -2.01. The number of hydrogen-bond acceptors (Lipinski definition) is 4. The third-order valence-corrected chi connectivity index (χ3v) is 2.82. The minimum atomic E-state index is -0.492. The Kier molecular flexibility index (Phi) is 4.81. The van der Waals surface area contributed by atoms with Gasteiger partial charge in [0.1, 0.15) is 0 Å². The molecule has 22 heavy (non-hydrogen) atoms. The predicted octanol–water partition coefficient (Wildman–Crippen LogP) is 1.61. The van der Waals surface area contributed by atoms with Gasteiger partial charge in [-0.25, -0.2) is 0 Å². The van der Waals surface area contributed by atoms with E-state index >= 15 is 0 Å². The fourth-order valence-electron chi connectivity index (χ4n) is 1.71. The summed E-state index contributed by atoms with van der Waals surface area (Å²) in [5, 5.41) is 13.3. The zero-order valence-corrected chi connectivity index (χ0v) is 11.5. The van der Waals surface area contributed by atoms with Crippen LogP contribution in [-0.2, 0) is 11.3 Å². The molecule has 1 aromatic carbocycles. The van der Waals surface area contributed by atoms with Crippen molar-refractivity contribution in [3.05, 3.63) is 80.3 Å². The topological polar surface area (TPSA) is 105 Å². The highest BCUT2D eigenvalue weighted by Gasteiger charge is 2.04. The second kappa shape index (κ2) is 6.98. The van der Waals surface area contributed by atoms with E-state index in [1.807, 2.05) is 0 Å². The molecule has 0 aliphatic carbocycles. The molecule has 2 aromatic rings. The first-order valence-corrected chi connectivity index (χ1v) is 6.42. The van der Waals surface area contributed by atoms with Crippen LogP contribution in [0.25, 0.3) is 6.08 Å². The first-order chi connectivity index (χ1) is 10.5. The van der Waals surface area contributed by atoms with E-state index in [1.165, 1.54) is 36.5 Å². The number of nitro groups is 1. The van der Waals surface area contributed by atoms with Crippen molar-refractivity contribution in [1.82, 2.24) is 10.3 Å². The number of amides is 1. The van der Waals surface area contributed by atoms with Crippen LogP contribution in [0.5, 0.6) is 0 Å². The first-order valence-electron chi connectivity index (χ1n) is 6.42. The van der Waals surface area contributed by atoms with Crippen LogP contribution in [0.1, 0.15) is 11.1 Å². The number of aromatic nitrogens is 1. The van der Waals surface area contributed by atoms with Crippen LogP contribution in [0.4, 0.5) is 5.69 Å². The summed E-state index contributed by atoms with van der Waals surface area (Å²) >= 11 is 0. The molecule has 2 rings (SSSR count). The van der Waals surface area contributed by atoms with E-state index in [1.54, 1.807) is 18.2 Å². The number of carbonyl (C=O) groups is 1. The third-order valence-electron chi connectivity index (χ3n) is 2.82. The highest BCUT2D eigenvalue weighted by atomic mass is 16.6. The van der Waals surface area contributed by atoms with Gasteiger partial charge in [0.25, 0.3) is 5.69 Å². The molecule has 1 amide bonds. The molecule has 112 valence electrons. The van der Waals surface area contributed by atoms with Crippen molar-refractivity contribution in [2.75, 3.05) is 0 Å². The molecule has 0 unspecified atom stereocenters. The summed E-state index contributed by atoms with van der Waals surface area (Å²) in [6.07, 6.45) is 4.31. The van der Waals surface area contributed by atoms with Crippen molar-refractivity contribution in [2.45, 2.75) is 6.54 Å². The van der Waals surface area contributed by atoms with Gasteiger partial charge in [0.2, 0.25) is 11.5 Å². The fourth-order valence-corrected chi connectivity index (χ4v) is 1.71. The van der Waals surface area contributed by atoms with Crippen LogP contribution in [0.15, 0.2) is 53.5 Å². The summed E-state index contributed by atoms with van der Waals surface area (Å²) in [5.74, 6) is -0.335. The number of H-pyrrole nitrogens is 1. The quantitative estimate of drug-likeness (QED) is 0.497. The molecule has 2 N–H and O–H groups in total. The molecule has 0 saturated heterocycles. The van der Waals surface area contributed by atoms with Gasteiger partial charge in [-0.2, -0.15) is 0 Å². The van der Waals surface area contributed by atoms with Crippen LogP contribution in [-0.4, -0.2) is 15.8 Å². The minimum absolute atomic E-state index is 0.0317. The molecule has 7 heteroatoms. The van der Waals surface area contributed by atoms with Gasteiger partial charge in [-0.05, 0) is 17.2 Å². The van der Waals surface area contributed by atoms with Crippen molar-refractivity contribution in [3.63, 3.8) is 0 Å². The van der Waals surface area contributed by atoms with E-state index in [-0.39, 0.29) is 23.7 Å². The molecule has 7 nitrogen and oxygen atoms in total. The molecule has 0 aliphatic rings. The number of aromatic amines is 1. The summed E-state index contributed by atoms with van der Waals surface area (Å²) in [5.41, 5.74) is 1.08. The van der Waals surface area contributed by atoms with Gasteiger partial charge in [0.05, 0.1) is 4.92 Å². The SMILES string of the molecule is O=C(C=Cc1cccc([N+](=O)[O-])c1)NCc1ccc(=O)[nH]c1. The highest BCUT2D eigenvalue weighted by Crippen LogP contribution is 2.13. The molecular weight excluding hydrogens is 286 g/mol. The van der Waals surface area contributed by atoms with Gasteiger partial charge >= 0.3 is 0 Å². The molecule has 0 spiro atoms. The largest absolute Gasteiger partial charge is 0.348 e. The molecule has 1 aromatic heterocycles. The Morgan fingerprint density at radius 2 is 2.14 bits per heavy atom. The van der Waals surface area contributed by atoms with Crippen LogP contribution in [0, 0.1) is 10.1 Å². The first kappa shape index (κ1) is 15.2. The summed E-state index contributed by atoms with van der Waals surface area (Å²) in [6.45, 7) is 0.273. The highest BCUT2D eigenvalue weighted by molar-refractivity contribution is 5.91. The third kappa shape index (κ3) is 4.41. The van der Waals surface area contributed by atoms with Gasteiger partial charge in [0.15, 0.2) is 0 Å². The normalized spacial score (nSPS) is 10.5. The van der Waals surface area contributed by atoms with E-state index in [0.717, 1.165) is 5.56 Å². The molecule has 1 heterocycles. The maximum Gasteiger partial charge on any atom is 0.270 e. The van der Waals surface area contributed by atoms with Crippen LogP contribution in [0.3, 0.4) is 0 Å². The smallest absolute Gasteiger partial charge is 0.270 e. The summed E-state index contributed by atoms with van der Waals surface area (Å²) in [4.78, 5) is 35.2. The molecule has 0 bridgehead atoms. The van der Waals surface area contributed by atoms with E-state index in [2.05, 4.69) is 10.3 Å². The van der Waals surface area contributed by atoms with Crippen LogP contribution in [0.2, 0.25) is 0 Å². The zero-order chi connectivity index (χ0) is 15.9. The van der Waals surface area contributed by atoms with Gasteiger partial charge < -0.3 is 10.3 Å². The summed E-state index contributed by atoms with van der Waals surface area (Å²) in [7, 11) is 0. The van der Waals surface area contributed by atoms with E-state index in [9.17, 15) is 19.7 Å². The molecule has 0 fully saturated rings. The van der Waals surface area contributed by atoms with Gasteiger partial charge in [-0.15, -0.1) is 0 Å². The average Bonchev–Trinajstić information content (AvgIpc) is 2.52. The maximum absolute atomic E-state index is 11.7. The molecule has 0 saturated carbocycles. The Morgan fingerprint density at radius 3 is 2.82 bits per heavy atom. The second-order valence-electron chi connectivity index (χ2n) is 4.46. The van der Waals surface area contributed by atoms with E-state index in [4.69, 9.17) is 0 Å². The van der Waals surface area contributed by atoms with Gasteiger partial charge in [0, 0.05) is 37.0 Å². The number of nitro benzene ring substituents is 1. The number of rotatable bonds is 5. The number of non-ortho nitro benzene ring substituents is 1. The van der Waals surface area contributed by atoms with Crippen molar-refractivity contribution in [3.8, 4) is 0 Å². The Morgan fingerprint density at radius 1 is 1.32 bits per heavy atom. The fraction of sp³-hybridized carbons (Fsp3) is 0.0667. The average molecular weight is 299 g/mol. The standard InChI is InChI=1S/C15H13N3O4/c19-14(16-9-12-5-7-15(20)17-10-12)6-4-11-2-1-3-13(8-11)18(21)22/h1-8,10H,9H2,(H,16,19)(H,17,20). The number of nitrogens with zero attached hydrogens (tertiary/aromatic N) is 1. The van der Waals surface area contributed by atoms with Crippen molar-refractivity contribution in [1.29, 1.82) is 0 Å². The predicted molar refractivity (Wildman–Crippen MR) is 81.0 cm³/mol. The van der Waals surface area contributed by atoms with Gasteiger partial charge in [-0.3, -0.25) is 19.7 Å². The minimum Gasteiger partial charge on any atom is -0.348 e. The van der Waals surface area contributed by atoms with Crippen molar-refractivity contribution < 1.29 is 9.72 Å². The van der Waals surface area contributed by atoms with Gasteiger partial charge in [-0.1, -0.05) is 18.2 Å². The van der Waals surface area contributed by atoms with Crippen molar-refractivity contribution in [2.24, 2.45) is 0 Å². The molecule has 0 aliphatic heterocycles. The Balaban J connectivity index is 1.93. The number of carbonyl (C=O) groups excluding carboxylic acids is 1. The Bertz CT molecular complexity index is 760. The monoisotopic (exact) mass is 299 g/mol. The van der Waals surface area contributed by atoms with E-state index in [0.29, 0.717) is 5.56 Å². The maximum atomic E-state index is 11.7. The molecule has 0 radical (unpaired) electrons. The number of pyridine rings is 1. The number of nitrogens with one attached hydrogen (secondary N) is 2. The van der Waals surface area contributed by atoms with Crippen LogP contribution >= 0.6 is 0 Å². The lowest BCUT2D eigenvalue weighted by Crippen LogP contribution is -2.20. The summed E-state index contributed by atoms with van der Waals surface area (Å²) in [6, 6.07) is 8.97. The lowest BCUT2D eigenvalue weighted by molar-refractivity contribution is -0.384. The number of hydrogen-bond donors (Lipinski definition) is 2.